The Morgan fingerprint density at radius 1 is 1.26 bits per heavy atom. The summed E-state index contributed by atoms with van der Waals surface area (Å²) in [5.41, 5.74) is -1.17. The third-order valence-corrected chi connectivity index (χ3v) is 4.23. The molecule has 0 spiro atoms. The lowest BCUT2D eigenvalue weighted by Crippen LogP contribution is -2.46. The van der Waals surface area contributed by atoms with Crippen molar-refractivity contribution in [1.82, 2.24) is 5.32 Å². The minimum atomic E-state index is -1.35. The first kappa shape index (κ1) is 16.0. The van der Waals surface area contributed by atoms with Crippen molar-refractivity contribution in [3.8, 4) is 0 Å². The second-order valence-corrected chi connectivity index (χ2v) is 6.92. The molecule has 1 saturated carbocycles. The van der Waals surface area contributed by atoms with Crippen molar-refractivity contribution in [1.29, 1.82) is 0 Å². The molecule has 4 nitrogen and oxygen atoms in total. The van der Waals surface area contributed by atoms with E-state index in [0.29, 0.717) is 12.5 Å². The second-order valence-electron chi connectivity index (χ2n) is 6.92. The van der Waals surface area contributed by atoms with Gasteiger partial charge < -0.3 is 10.4 Å². The fourth-order valence-electron chi connectivity index (χ4n) is 3.03. The predicted molar refractivity (Wildman–Crippen MR) is 74.8 cm³/mol. The Bertz CT molecular complexity index is 341. The Balaban J connectivity index is 2.63. The third kappa shape index (κ3) is 3.95. The molecule has 0 aromatic heterocycles. The van der Waals surface area contributed by atoms with Gasteiger partial charge in [0.15, 0.2) is 0 Å². The molecule has 4 heteroatoms. The highest BCUT2D eigenvalue weighted by molar-refractivity contribution is 6.00. The number of hydrogen-bond acceptors (Lipinski definition) is 2. The first-order valence-corrected chi connectivity index (χ1v) is 7.21. The van der Waals surface area contributed by atoms with Gasteiger partial charge in [-0.2, -0.15) is 0 Å². The van der Waals surface area contributed by atoms with E-state index in [4.69, 9.17) is 5.11 Å². The van der Waals surface area contributed by atoms with Crippen LogP contribution in [0.15, 0.2) is 0 Å². The van der Waals surface area contributed by atoms with E-state index in [-0.39, 0.29) is 11.3 Å². The summed E-state index contributed by atoms with van der Waals surface area (Å²) < 4.78 is 0. The van der Waals surface area contributed by atoms with Crippen molar-refractivity contribution in [3.05, 3.63) is 0 Å². The van der Waals surface area contributed by atoms with E-state index in [1.165, 1.54) is 26.7 Å². The number of aliphatic carboxylic acids is 1. The van der Waals surface area contributed by atoms with Gasteiger partial charge in [-0.15, -0.1) is 0 Å². The molecule has 0 aromatic rings. The van der Waals surface area contributed by atoms with Crippen molar-refractivity contribution in [3.63, 3.8) is 0 Å². The van der Waals surface area contributed by atoms with Gasteiger partial charge in [0, 0.05) is 6.54 Å². The molecular formula is C15H27NO3. The molecule has 0 saturated heterocycles. The monoisotopic (exact) mass is 269 g/mol. The number of carbonyl (C=O) groups excluding carboxylic acids is 1. The van der Waals surface area contributed by atoms with Gasteiger partial charge in [-0.05, 0) is 44.4 Å². The lowest BCUT2D eigenvalue weighted by atomic mass is 9.78. The summed E-state index contributed by atoms with van der Waals surface area (Å²) in [6.07, 6.45) is 5.80. The molecule has 2 N–H and O–H groups in total. The van der Waals surface area contributed by atoms with E-state index in [1.54, 1.807) is 0 Å². The molecule has 0 bridgehead atoms. The summed E-state index contributed by atoms with van der Waals surface area (Å²) in [4.78, 5) is 23.1. The number of hydrogen-bond donors (Lipinski definition) is 2. The zero-order chi connectivity index (χ0) is 14.7. The van der Waals surface area contributed by atoms with Gasteiger partial charge in [-0.3, -0.25) is 9.59 Å². The van der Waals surface area contributed by atoms with Crippen molar-refractivity contribution in [2.45, 2.75) is 59.8 Å². The number of carboxylic acids is 1. The van der Waals surface area contributed by atoms with E-state index in [1.807, 2.05) is 0 Å². The van der Waals surface area contributed by atoms with Gasteiger partial charge in [0.25, 0.3) is 0 Å². The Hall–Kier alpha value is -1.06. The minimum Gasteiger partial charge on any atom is -0.480 e. The molecule has 0 heterocycles. The van der Waals surface area contributed by atoms with Gasteiger partial charge in [0.2, 0.25) is 5.91 Å². The third-order valence-electron chi connectivity index (χ3n) is 4.23. The Morgan fingerprint density at radius 3 is 2.21 bits per heavy atom. The number of nitrogens with one attached hydrogen (secondary N) is 1. The second kappa shape index (κ2) is 5.93. The predicted octanol–water partition coefficient (Wildman–Crippen LogP) is 2.82. The lowest BCUT2D eigenvalue weighted by molar-refractivity contribution is -0.153. The van der Waals surface area contributed by atoms with E-state index < -0.39 is 11.4 Å². The molecule has 1 aliphatic rings. The van der Waals surface area contributed by atoms with Gasteiger partial charge >= 0.3 is 5.97 Å². The topological polar surface area (TPSA) is 66.4 Å². The van der Waals surface area contributed by atoms with Crippen molar-refractivity contribution >= 4 is 11.9 Å². The Kier molecular flexibility index (Phi) is 4.99. The summed E-state index contributed by atoms with van der Waals surface area (Å²) >= 11 is 0. The lowest BCUT2D eigenvalue weighted by Gasteiger charge is -2.32. The van der Waals surface area contributed by atoms with Crippen LogP contribution in [0.5, 0.6) is 0 Å². The first-order chi connectivity index (χ1) is 8.69. The first-order valence-electron chi connectivity index (χ1n) is 7.21. The van der Waals surface area contributed by atoms with E-state index in [0.717, 1.165) is 19.3 Å². The van der Waals surface area contributed by atoms with Crippen LogP contribution in [0.4, 0.5) is 0 Å². The summed E-state index contributed by atoms with van der Waals surface area (Å²) in [6, 6.07) is 0. The smallest absolute Gasteiger partial charge is 0.318 e. The summed E-state index contributed by atoms with van der Waals surface area (Å²) in [7, 11) is 0. The van der Waals surface area contributed by atoms with Crippen LogP contribution in [0.2, 0.25) is 0 Å². The average Bonchev–Trinajstić information content (AvgIpc) is 2.73. The molecule has 0 unspecified atom stereocenters. The summed E-state index contributed by atoms with van der Waals surface area (Å²) in [5.74, 6) is -0.855. The molecule has 19 heavy (non-hydrogen) atoms. The number of carbonyl (C=O) groups is 2. The number of amides is 1. The van der Waals surface area contributed by atoms with Crippen LogP contribution >= 0.6 is 0 Å². The maximum absolute atomic E-state index is 12.0. The van der Waals surface area contributed by atoms with E-state index in [2.05, 4.69) is 19.2 Å². The quantitative estimate of drug-likeness (QED) is 0.729. The van der Waals surface area contributed by atoms with Gasteiger partial charge in [0.1, 0.15) is 5.41 Å². The fourth-order valence-corrected chi connectivity index (χ4v) is 3.03. The molecule has 1 aliphatic carbocycles. The highest BCUT2D eigenvalue weighted by atomic mass is 16.4. The van der Waals surface area contributed by atoms with Crippen LogP contribution in [0.1, 0.15) is 59.8 Å². The molecule has 1 rings (SSSR count). The maximum Gasteiger partial charge on any atom is 0.318 e. The highest BCUT2D eigenvalue weighted by Crippen LogP contribution is 2.42. The standard InChI is InChI=1S/C15H27NO3/c1-11(2)9-15(7-5-6-8-15)10-16-12(17)14(3,4)13(18)19/h11H,5-10H2,1-4H3,(H,16,17)(H,18,19). The van der Waals surface area contributed by atoms with Gasteiger partial charge in [-0.25, -0.2) is 0 Å². The molecule has 0 atom stereocenters. The largest absolute Gasteiger partial charge is 0.480 e. The average molecular weight is 269 g/mol. The summed E-state index contributed by atoms with van der Waals surface area (Å²) in [5, 5.41) is 11.9. The molecular weight excluding hydrogens is 242 g/mol. The fraction of sp³-hybridized carbons (Fsp3) is 0.867. The Morgan fingerprint density at radius 2 is 1.79 bits per heavy atom. The Labute approximate surface area is 116 Å². The zero-order valence-corrected chi connectivity index (χ0v) is 12.6. The van der Waals surface area contributed by atoms with Crippen LogP contribution in [0, 0.1) is 16.7 Å². The van der Waals surface area contributed by atoms with E-state index >= 15 is 0 Å². The number of carboxylic acid groups (broad SMARTS) is 1. The maximum atomic E-state index is 12.0. The van der Waals surface area contributed by atoms with Crippen molar-refractivity contribution < 1.29 is 14.7 Å². The van der Waals surface area contributed by atoms with Crippen molar-refractivity contribution in [2.75, 3.05) is 6.54 Å². The summed E-state index contributed by atoms with van der Waals surface area (Å²) in [6.45, 7) is 7.91. The van der Waals surface area contributed by atoms with E-state index in [9.17, 15) is 9.59 Å². The molecule has 1 fully saturated rings. The van der Waals surface area contributed by atoms with Crippen LogP contribution in [0.25, 0.3) is 0 Å². The van der Waals surface area contributed by atoms with Crippen LogP contribution in [0.3, 0.4) is 0 Å². The molecule has 0 radical (unpaired) electrons. The highest BCUT2D eigenvalue weighted by Gasteiger charge is 2.39. The molecule has 110 valence electrons. The zero-order valence-electron chi connectivity index (χ0n) is 12.6. The number of rotatable bonds is 6. The molecule has 0 aromatic carbocycles. The molecule has 1 amide bonds. The van der Waals surface area contributed by atoms with Gasteiger partial charge in [-0.1, -0.05) is 26.7 Å². The van der Waals surface area contributed by atoms with Crippen molar-refractivity contribution in [2.24, 2.45) is 16.7 Å². The van der Waals surface area contributed by atoms with Crippen LogP contribution in [-0.2, 0) is 9.59 Å². The molecule has 0 aliphatic heterocycles. The van der Waals surface area contributed by atoms with Crippen LogP contribution < -0.4 is 5.32 Å². The normalized spacial score (nSPS) is 18.6. The minimum absolute atomic E-state index is 0.179. The SMILES string of the molecule is CC(C)CC1(CNC(=O)C(C)(C)C(=O)O)CCCC1. The van der Waals surface area contributed by atoms with Gasteiger partial charge in [0.05, 0.1) is 0 Å². The van der Waals surface area contributed by atoms with Crippen LogP contribution in [-0.4, -0.2) is 23.5 Å².